The van der Waals surface area contributed by atoms with Crippen LogP contribution in [0.1, 0.15) is 59.1 Å². The van der Waals surface area contributed by atoms with Crippen LogP contribution in [0.5, 0.6) is 0 Å². The summed E-state index contributed by atoms with van der Waals surface area (Å²) in [6.45, 7) is 3.03. The molecule has 2 aromatic heterocycles. The molecule has 4 heterocycles. The highest BCUT2D eigenvalue weighted by Crippen LogP contribution is 2.46. The third-order valence-electron chi connectivity index (χ3n) is 8.19. The van der Waals surface area contributed by atoms with Gasteiger partial charge in [-0.05, 0) is 48.9 Å². The van der Waals surface area contributed by atoms with E-state index in [0.29, 0.717) is 35.3 Å². The summed E-state index contributed by atoms with van der Waals surface area (Å²) in [6.07, 6.45) is 1.29. The molecule has 1 unspecified atom stereocenters. The Labute approximate surface area is 210 Å². The number of pyridine rings is 2. The van der Waals surface area contributed by atoms with Gasteiger partial charge in [0.25, 0.3) is 5.56 Å². The number of amides is 1. The summed E-state index contributed by atoms with van der Waals surface area (Å²) in [5.41, 5.74) is 2.66. The van der Waals surface area contributed by atoms with Gasteiger partial charge < -0.3 is 24.8 Å². The number of aryl methyl sites for hydroxylation is 1. The Bertz CT molecular complexity index is 1600. The van der Waals surface area contributed by atoms with Crippen LogP contribution >= 0.6 is 0 Å². The first-order valence-electron chi connectivity index (χ1n) is 12.4. The van der Waals surface area contributed by atoms with Gasteiger partial charge in [-0.2, -0.15) is 0 Å². The van der Waals surface area contributed by atoms with E-state index in [9.17, 15) is 29.0 Å². The zero-order valence-electron chi connectivity index (χ0n) is 20.5. The van der Waals surface area contributed by atoms with Gasteiger partial charge in [-0.25, -0.2) is 14.2 Å². The molecule has 0 fully saturated rings. The van der Waals surface area contributed by atoms with Gasteiger partial charge in [-0.3, -0.25) is 9.59 Å². The second kappa shape index (κ2) is 8.19. The van der Waals surface area contributed by atoms with E-state index in [-0.39, 0.29) is 54.5 Å². The van der Waals surface area contributed by atoms with Crippen molar-refractivity contribution in [3.8, 4) is 11.4 Å². The van der Waals surface area contributed by atoms with Gasteiger partial charge in [-0.15, -0.1) is 0 Å². The van der Waals surface area contributed by atoms with Gasteiger partial charge in [0.05, 0.1) is 29.0 Å². The number of nitrogens with zero attached hydrogens (tertiary/aromatic N) is 2. The Morgan fingerprint density at radius 2 is 2.08 bits per heavy atom. The van der Waals surface area contributed by atoms with Crippen LogP contribution in [-0.4, -0.2) is 44.8 Å². The fourth-order valence-corrected chi connectivity index (χ4v) is 6.15. The van der Waals surface area contributed by atoms with Crippen molar-refractivity contribution in [2.24, 2.45) is 0 Å². The molecule has 2 aliphatic heterocycles. The van der Waals surface area contributed by atoms with E-state index in [1.165, 1.54) is 6.07 Å². The van der Waals surface area contributed by atoms with Gasteiger partial charge in [0.1, 0.15) is 19.0 Å². The number of cyclic esters (lactones) is 1. The van der Waals surface area contributed by atoms with E-state index in [2.05, 4.69) is 5.32 Å². The molecule has 0 saturated carbocycles. The number of hydrogen-bond acceptors (Lipinski definition) is 7. The number of halogens is 1. The van der Waals surface area contributed by atoms with Gasteiger partial charge in [0, 0.05) is 35.0 Å². The average Bonchev–Trinajstić information content (AvgIpc) is 3.27. The Balaban J connectivity index is 1.62. The summed E-state index contributed by atoms with van der Waals surface area (Å²) >= 11 is 0. The van der Waals surface area contributed by atoms with Crippen LogP contribution in [0.4, 0.5) is 4.39 Å². The van der Waals surface area contributed by atoms with E-state index in [0.717, 1.165) is 22.1 Å². The molecule has 37 heavy (non-hydrogen) atoms. The maximum Gasteiger partial charge on any atom is 0.343 e. The molecule has 1 amide bonds. The highest BCUT2D eigenvalue weighted by Gasteiger charge is 2.45. The smallest absolute Gasteiger partial charge is 0.343 e. The van der Waals surface area contributed by atoms with Crippen LogP contribution in [0.3, 0.4) is 0 Å². The number of aliphatic hydroxyl groups is 2. The van der Waals surface area contributed by atoms with E-state index >= 15 is 0 Å². The number of carbonyl (C=O) groups excluding carboxylic acids is 2. The average molecular weight is 508 g/mol. The zero-order valence-corrected chi connectivity index (χ0v) is 20.5. The molecule has 9 nitrogen and oxygen atoms in total. The number of hydrogen-bond donors (Lipinski definition) is 3. The lowest BCUT2D eigenvalue weighted by atomic mass is 9.78. The maximum absolute atomic E-state index is 14.9. The molecule has 3 aliphatic rings. The standard InChI is InChI=1S/C27H26FN3O6/c1-3-27(36)17-6-20-24-15(9-31(20)25(34)16(17)11-37-26(27)35)22-13(8-29-21(33)10-32)4-5-14-12(2)18(28)7-19(30-24)23(14)22/h6-7,13,32,36H,3-5,8-11H2,1-2H3,(H,29,33)/t13?,27-/m0/s1. The summed E-state index contributed by atoms with van der Waals surface area (Å²) in [7, 11) is 0. The summed E-state index contributed by atoms with van der Waals surface area (Å²) in [6, 6.07) is 3.03. The fourth-order valence-electron chi connectivity index (χ4n) is 6.15. The second-order valence-electron chi connectivity index (χ2n) is 10.0. The van der Waals surface area contributed by atoms with Crippen LogP contribution in [0, 0.1) is 12.7 Å². The van der Waals surface area contributed by atoms with Crippen LogP contribution in [0.2, 0.25) is 0 Å². The topological polar surface area (TPSA) is 131 Å². The lowest BCUT2D eigenvalue weighted by Crippen LogP contribution is -2.44. The molecular weight excluding hydrogens is 481 g/mol. The summed E-state index contributed by atoms with van der Waals surface area (Å²) in [5, 5.41) is 23.9. The van der Waals surface area contributed by atoms with Crippen LogP contribution in [-0.2, 0) is 39.5 Å². The first kappa shape index (κ1) is 23.7. The highest BCUT2D eigenvalue weighted by atomic mass is 19.1. The van der Waals surface area contributed by atoms with Crippen molar-refractivity contribution in [3.63, 3.8) is 0 Å². The molecule has 192 valence electrons. The monoisotopic (exact) mass is 507 g/mol. The van der Waals surface area contributed by atoms with Gasteiger partial charge in [0.2, 0.25) is 5.91 Å². The quantitative estimate of drug-likeness (QED) is 0.358. The Morgan fingerprint density at radius 1 is 1.30 bits per heavy atom. The predicted octanol–water partition coefficient (Wildman–Crippen LogP) is 1.67. The fraction of sp³-hybridized carbons (Fsp3) is 0.407. The number of esters is 1. The number of aromatic nitrogens is 2. The van der Waals surface area contributed by atoms with Gasteiger partial charge >= 0.3 is 5.97 Å². The minimum atomic E-state index is -1.94. The number of aliphatic hydroxyl groups excluding tert-OH is 1. The molecule has 0 saturated heterocycles. The van der Waals surface area contributed by atoms with Gasteiger partial charge in [0.15, 0.2) is 5.60 Å². The van der Waals surface area contributed by atoms with Crippen molar-refractivity contribution >= 4 is 22.8 Å². The first-order chi connectivity index (χ1) is 17.7. The molecule has 1 aromatic carbocycles. The van der Waals surface area contributed by atoms with E-state index in [4.69, 9.17) is 9.72 Å². The highest BCUT2D eigenvalue weighted by molar-refractivity contribution is 5.93. The number of ether oxygens (including phenoxy) is 1. The maximum atomic E-state index is 14.9. The normalized spacial score (nSPS) is 21.3. The summed E-state index contributed by atoms with van der Waals surface area (Å²) < 4.78 is 21.6. The second-order valence-corrected chi connectivity index (χ2v) is 10.0. The summed E-state index contributed by atoms with van der Waals surface area (Å²) in [4.78, 5) is 42.7. The van der Waals surface area contributed by atoms with Gasteiger partial charge in [-0.1, -0.05) is 6.92 Å². The Morgan fingerprint density at radius 3 is 2.81 bits per heavy atom. The van der Waals surface area contributed by atoms with Crippen LogP contribution in [0.25, 0.3) is 22.3 Å². The minimum absolute atomic E-state index is 0.0332. The number of benzene rings is 1. The van der Waals surface area contributed by atoms with Crippen LogP contribution in [0.15, 0.2) is 16.9 Å². The zero-order chi connectivity index (χ0) is 26.2. The molecule has 0 radical (unpaired) electrons. The summed E-state index contributed by atoms with van der Waals surface area (Å²) in [5.74, 6) is -1.78. The third-order valence-corrected chi connectivity index (χ3v) is 8.19. The Hall–Kier alpha value is -3.63. The number of fused-ring (bicyclic) bond motifs is 5. The SMILES string of the molecule is CC[C@@]1(O)C(=O)OCc2c1cc1n(c2=O)Cc2c-1nc1cc(F)c(C)c3c1c2C(CNC(=O)CO)CC3. The molecule has 6 rings (SSSR count). The Kier molecular flexibility index (Phi) is 5.26. The molecule has 3 aromatic rings. The van der Waals surface area contributed by atoms with Crippen molar-refractivity contribution in [2.75, 3.05) is 13.2 Å². The lowest BCUT2D eigenvalue weighted by Gasteiger charge is -2.31. The minimum Gasteiger partial charge on any atom is -0.458 e. The van der Waals surface area contributed by atoms with E-state index in [1.807, 2.05) is 0 Å². The number of nitrogens with one attached hydrogen (secondary N) is 1. The van der Waals surface area contributed by atoms with Crippen molar-refractivity contribution in [3.05, 3.63) is 61.7 Å². The molecule has 0 bridgehead atoms. The van der Waals surface area contributed by atoms with E-state index in [1.54, 1.807) is 24.5 Å². The molecule has 0 spiro atoms. The first-order valence-corrected chi connectivity index (χ1v) is 12.4. The van der Waals surface area contributed by atoms with Crippen molar-refractivity contribution in [1.29, 1.82) is 0 Å². The largest absolute Gasteiger partial charge is 0.458 e. The number of rotatable bonds is 4. The van der Waals surface area contributed by atoms with E-state index < -0.39 is 24.1 Å². The van der Waals surface area contributed by atoms with Crippen molar-refractivity contribution in [2.45, 2.75) is 57.8 Å². The third kappa shape index (κ3) is 3.21. The number of carbonyl (C=O) groups is 2. The van der Waals surface area contributed by atoms with Crippen molar-refractivity contribution in [1.82, 2.24) is 14.9 Å². The lowest BCUT2D eigenvalue weighted by molar-refractivity contribution is -0.172. The van der Waals surface area contributed by atoms with Crippen LogP contribution < -0.4 is 10.9 Å². The van der Waals surface area contributed by atoms with Crippen molar-refractivity contribution < 1.29 is 28.9 Å². The molecule has 10 heteroatoms. The molecule has 1 aliphatic carbocycles. The predicted molar refractivity (Wildman–Crippen MR) is 130 cm³/mol. The molecule has 2 atom stereocenters. The molecule has 3 N–H and O–H groups in total. The molecular formula is C27H26FN3O6.